The van der Waals surface area contributed by atoms with Crippen molar-refractivity contribution in [1.29, 1.82) is 0 Å². The van der Waals surface area contributed by atoms with Crippen molar-refractivity contribution in [3.63, 3.8) is 0 Å². The first kappa shape index (κ1) is 11.3. The van der Waals surface area contributed by atoms with Crippen LogP contribution in [-0.2, 0) is 0 Å². The van der Waals surface area contributed by atoms with Gasteiger partial charge in [-0.25, -0.2) is 0 Å². The van der Waals surface area contributed by atoms with E-state index in [2.05, 4.69) is 0 Å². The summed E-state index contributed by atoms with van der Waals surface area (Å²) < 4.78 is 16.8. The summed E-state index contributed by atoms with van der Waals surface area (Å²) in [5.41, 5.74) is 1.12. The Bertz CT molecular complexity index is 337. The van der Waals surface area contributed by atoms with Crippen molar-refractivity contribution in [1.82, 2.24) is 0 Å². The Kier molecular flexibility index (Phi) is 3.74. The van der Waals surface area contributed by atoms with Crippen LogP contribution in [0, 0.1) is 6.92 Å². The van der Waals surface area contributed by atoms with Gasteiger partial charge >= 0.3 is 93.3 Å². The van der Waals surface area contributed by atoms with Crippen LogP contribution in [0.4, 0.5) is 0 Å². The minimum absolute atomic E-state index is 0.651. The van der Waals surface area contributed by atoms with Crippen LogP contribution in [0.1, 0.15) is 5.56 Å². The van der Waals surface area contributed by atoms with Crippen molar-refractivity contribution >= 4 is 22.0 Å². The van der Waals surface area contributed by atoms with E-state index in [1.165, 1.54) is 0 Å². The molecule has 3 nitrogen and oxygen atoms in total. The molecule has 14 heavy (non-hydrogen) atoms. The summed E-state index contributed by atoms with van der Waals surface area (Å²) in [6.07, 6.45) is 0. The molecule has 72 valence electrons. The standard InChI is InChI=1S/C10H13O3.Li/c1-7-5-8(11-2)10(13-4)9(6-7)12-3;/h5H,1-4H3;. The quantitative estimate of drug-likeness (QED) is 0.657. The van der Waals surface area contributed by atoms with Gasteiger partial charge in [-0.1, -0.05) is 0 Å². The molecule has 0 amide bonds. The minimum atomic E-state index is 0.651. The van der Waals surface area contributed by atoms with Gasteiger partial charge in [-0.2, -0.15) is 0 Å². The van der Waals surface area contributed by atoms with E-state index in [0.717, 1.165) is 15.5 Å². The van der Waals surface area contributed by atoms with Gasteiger partial charge in [0.1, 0.15) is 0 Å². The van der Waals surface area contributed by atoms with Crippen molar-refractivity contribution < 1.29 is 14.2 Å². The summed E-state index contributed by atoms with van der Waals surface area (Å²) in [5.74, 6) is 2.09. The first-order valence-electron chi connectivity index (χ1n) is 4.41. The predicted octanol–water partition coefficient (Wildman–Crippen LogP) is 0.815. The maximum absolute atomic E-state index is 5.29. The number of hydrogen-bond acceptors (Lipinski definition) is 3. The molecule has 0 atom stereocenters. The van der Waals surface area contributed by atoms with E-state index >= 15 is 0 Å². The number of ether oxygens (including phenoxy) is 3. The van der Waals surface area contributed by atoms with E-state index in [1.54, 1.807) is 21.3 Å². The molecule has 0 bridgehead atoms. The Hall–Kier alpha value is -0.783. The number of benzene rings is 1. The average Bonchev–Trinajstić information content (AvgIpc) is 2.20. The van der Waals surface area contributed by atoms with Crippen LogP contribution in [0.3, 0.4) is 0 Å². The van der Waals surface area contributed by atoms with Crippen LogP contribution in [-0.4, -0.2) is 39.0 Å². The first-order valence-corrected chi connectivity index (χ1v) is 4.41. The maximum atomic E-state index is 5.29. The summed E-state index contributed by atoms with van der Waals surface area (Å²) in [5, 5.41) is 0. The van der Waals surface area contributed by atoms with Gasteiger partial charge in [-0.15, -0.1) is 0 Å². The molecule has 1 aromatic rings. The van der Waals surface area contributed by atoms with E-state index in [4.69, 9.17) is 14.2 Å². The van der Waals surface area contributed by atoms with Gasteiger partial charge < -0.3 is 0 Å². The third-order valence-corrected chi connectivity index (χ3v) is 2.34. The summed E-state index contributed by atoms with van der Waals surface area (Å²) in [6.45, 7) is 2.01. The fraction of sp³-hybridized carbons (Fsp3) is 0.400. The molecule has 0 radical (unpaired) electrons. The summed E-state index contributed by atoms with van der Waals surface area (Å²) in [4.78, 5) is 0. The predicted molar refractivity (Wildman–Crippen MR) is 56.2 cm³/mol. The molecular formula is C10H13LiO3. The van der Waals surface area contributed by atoms with Crippen LogP contribution < -0.4 is 18.4 Å². The third-order valence-electron chi connectivity index (χ3n) is 2.34. The van der Waals surface area contributed by atoms with Crippen LogP contribution >= 0.6 is 0 Å². The monoisotopic (exact) mass is 188 g/mol. The van der Waals surface area contributed by atoms with E-state index < -0.39 is 0 Å². The van der Waals surface area contributed by atoms with E-state index in [0.29, 0.717) is 11.5 Å². The Morgan fingerprint density at radius 3 is 2.00 bits per heavy atom. The SMILES string of the molecule is [Li][c]1c(C)cc(OC)c(OC)c1OC. The van der Waals surface area contributed by atoms with Crippen LogP contribution in [0.25, 0.3) is 0 Å². The molecule has 0 saturated heterocycles. The van der Waals surface area contributed by atoms with E-state index in [9.17, 15) is 0 Å². The van der Waals surface area contributed by atoms with Gasteiger partial charge in [0.2, 0.25) is 0 Å². The molecule has 0 fully saturated rings. The van der Waals surface area contributed by atoms with Gasteiger partial charge in [0.15, 0.2) is 0 Å². The second-order valence-electron chi connectivity index (χ2n) is 3.09. The van der Waals surface area contributed by atoms with E-state index in [1.807, 2.05) is 30.7 Å². The summed E-state index contributed by atoms with van der Waals surface area (Å²) in [7, 11) is 4.85. The van der Waals surface area contributed by atoms with Crippen molar-refractivity contribution in [3.8, 4) is 17.2 Å². The molecule has 0 spiro atoms. The van der Waals surface area contributed by atoms with Crippen molar-refractivity contribution in [2.24, 2.45) is 0 Å². The topological polar surface area (TPSA) is 27.7 Å². The summed E-state index contributed by atoms with van der Waals surface area (Å²) in [6, 6.07) is 1.94. The van der Waals surface area contributed by atoms with Crippen LogP contribution in [0.2, 0.25) is 0 Å². The Morgan fingerprint density at radius 1 is 1.00 bits per heavy atom. The number of rotatable bonds is 3. The molecule has 0 aliphatic heterocycles. The van der Waals surface area contributed by atoms with Crippen molar-refractivity contribution in [2.75, 3.05) is 21.3 Å². The van der Waals surface area contributed by atoms with Crippen LogP contribution in [0.15, 0.2) is 6.07 Å². The van der Waals surface area contributed by atoms with Crippen LogP contribution in [0.5, 0.6) is 17.2 Å². The number of methoxy groups -OCH3 is 3. The fourth-order valence-electron chi connectivity index (χ4n) is 1.42. The molecule has 0 N–H and O–H groups in total. The Morgan fingerprint density at radius 2 is 1.57 bits per heavy atom. The normalized spacial score (nSPS) is 9.86. The average molecular weight is 188 g/mol. The molecule has 4 heteroatoms. The molecular weight excluding hydrogens is 175 g/mol. The summed E-state index contributed by atoms with van der Waals surface area (Å²) >= 11 is 2.00. The molecule has 0 aliphatic carbocycles. The molecule has 0 aliphatic rings. The molecule has 0 aromatic heterocycles. The third kappa shape index (κ3) is 1.84. The van der Waals surface area contributed by atoms with Crippen molar-refractivity contribution in [3.05, 3.63) is 11.6 Å². The second kappa shape index (κ2) is 4.63. The fourth-order valence-corrected chi connectivity index (χ4v) is 1.42. The molecule has 0 heterocycles. The Balaban J connectivity index is 3.42. The van der Waals surface area contributed by atoms with Gasteiger partial charge in [-0.3, -0.25) is 0 Å². The zero-order valence-corrected chi connectivity index (χ0v) is 9.30. The van der Waals surface area contributed by atoms with Crippen molar-refractivity contribution in [2.45, 2.75) is 6.92 Å². The molecule has 1 aromatic carbocycles. The number of hydrogen-bond donors (Lipinski definition) is 0. The van der Waals surface area contributed by atoms with Gasteiger partial charge in [0, 0.05) is 0 Å². The molecule has 1 rings (SSSR count). The zero-order chi connectivity index (χ0) is 10.7. The van der Waals surface area contributed by atoms with Gasteiger partial charge in [-0.05, 0) is 0 Å². The van der Waals surface area contributed by atoms with E-state index in [-0.39, 0.29) is 0 Å². The number of aryl methyl sites for hydroxylation is 1. The first-order chi connectivity index (χ1) is 6.65. The van der Waals surface area contributed by atoms with Gasteiger partial charge in [0.25, 0.3) is 0 Å². The van der Waals surface area contributed by atoms with Gasteiger partial charge in [0.05, 0.1) is 0 Å². The zero-order valence-electron chi connectivity index (χ0n) is 9.30. The molecule has 0 unspecified atom stereocenters. The Labute approximate surface area is 93.6 Å². The second-order valence-corrected chi connectivity index (χ2v) is 3.09. The molecule has 0 saturated carbocycles.